The van der Waals surface area contributed by atoms with E-state index < -0.39 is 0 Å². The van der Waals surface area contributed by atoms with E-state index in [2.05, 4.69) is 5.16 Å². The van der Waals surface area contributed by atoms with Crippen molar-refractivity contribution in [2.45, 2.75) is 12.8 Å². The van der Waals surface area contributed by atoms with Crippen molar-refractivity contribution >= 4 is 5.71 Å². The first-order valence-corrected chi connectivity index (χ1v) is 11.0. The average molecular weight is 480 g/mol. The van der Waals surface area contributed by atoms with E-state index >= 15 is 0 Å². The second-order valence-corrected chi connectivity index (χ2v) is 8.01. The molecule has 0 saturated carbocycles. The molecule has 184 valence electrons. The van der Waals surface area contributed by atoms with Gasteiger partial charge >= 0.3 is 0 Å². The Bertz CT molecular complexity index is 1190. The summed E-state index contributed by atoms with van der Waals surface area (Å²) in [7, 11) is 9.56. The molecule has 3 aromatic carbocycles. The maximum absolute atomic E-state index is 10.3. The van der Waals surface area contributed by atoms with Gasteiger partial charge in [-0.1, -0.05) is 5.16 Å². The first-order chi connectivity index (χ1) is 17.0. The predicted molar refractivity (Wildman–Crippen MR) is 132 cm³/mol. The van der Waals surface area contributed by atoms with Gasteiger partial charge < -0.3 is 33.6 Å². The van der Waals surface area contributed by atoms with Crippen molar-refractivity contribution in [3.8, 4) is 34.5 Å². The van der Waals surface area contributed by atoms with Gasteiger partial charge in [-0.2, -0.15) is 0 Å². The lowest BCUT2D eigenvalue weighted by Crippen LogP contribution is -2.11. The quantitative estimate of drug-likeness (QED) is 0.323. The fraction of sp³-hybridized carbons (Fsp3) is 0.296. The van der Waals surface area contributed by atoms with Gasteiger partial charge in [0.05, 0.1) is 42.7 Å². The van der Waals surface area contributed by atoms with Crippen molar-refractivity contribution < 1.29 is 33.6 Å². The summed E-state index contributed by atoms with van der Waals surface area (Å²) in [6.45, 7) is 0. The van der Waals surface area contributed by atoms with Crippen molar-refractivity contribution in [3.05, 3.63) is 69.8 Å². The van der Waals surface area contributed by atoms with Crippen LogP contribution in [-0.4, -0.2) is 53.6 Å². The summed E-state index contributed by atoms with van der Waals surface area (Å²) in [6, 6.07) is 11.4. The van der Waals surface area contributed by atoms with Crippen LogP contribution in [0, 0.1) is 0 Å². The van der Waals surface area contributed by atoms with Gasteiger partial charge in [0, 0.05) is 11.1 Å². The Morgan fingerprint density at radius 2 is 0.771 bits per heavy atom. The molecule has 1 N–H and O–H groups in total. The van der Waals surface area contributed by atoms with E-state index in [0.717, 1.165) is 22.3 Å². The van der Waals surface area contributed by atoms with Gasteiger partial charge in [0.25, 0.3) is 0 Å². The summed E-state index contributed by atoms with van der Waals surface area (Å²) in [4.78, 5) is 0. The van der Waals surface area contributed by atoms with E-state index in [1.54, 1.807) is 42.7 Å². The van der Waals surface area contributed by atoms with Crippen molar-refractivity contribution in [1.82, 2.24) is 0 Å². The first kappa shape index (κ1) is 24.1. The number of rotatable bonds is 6. The first-order valence-electron chi connectivity index (χ1n) is 11.0. The fourth-order valence-corrected chi connectivity index (χ4v) is 4.53. The zero-order valence-electron chi connectivity index (χ0n) is 20.7. The summed E-state index contributed by atoms with van der Waals surface area (Å²) < 4.78 is 33.4. The van der Waals surface area contributed by atoms with Crippen LogP contribution in [0.4, 0.5) is 0 Å². The molecule has 8 heteroatoms. The standard InChI is InChI=1S/C27H29NO7/c1-30-21-9-15-7-17-11-23(32-3)25(34-5)13-19(17)27(28-29)20-14-26(35-6)24(33-4)12-18(20)8-16(15)10-22(21)31-2/h9-14,29H,7-8H2,1-6H3. The van der Waals surface area contributed by atoms with Crippen LogP contribution in [0.1, 0.15) is 33.4 Å². The average Bonchev–Trinajstić information content (AvgIpc) is 2.94. The molecule has 3 aromatic rings. The van der Waals surface area contributed by atoms with Gasteiger partial charge in [-0.25, -0.2) is 0 Å². The number of benzene rings is 3. The monoisotopic (exact) mass is 479 g/mol. The SMILES string of the molecule is COc1cc2c(cc1OC)Cc1cc(OC)c(OC)cc1C(=NO)c1cc(OC)c(OC)cc1C2. The Kier molecular flexibility index (Phi) is 6.91. The van der Waals surface area contributed by atoms with Gasteiger partial charge in [0.2, 0.25) is 0 Å². The molecule has 4 rings (SSSR count). The zero-order chi connectivity index (χ0) is 25.1. The van der Waals surface area contributed by atoms with Crippen LogP contribution in [0.3, 0.4) is 0 Å². The van der Waals surface area contributed by atoms with Crippen LogP contribution in [0.2, 0.25) is 0 Å². The molecule has 35 heavy (non-hydrogen) atoms. The van der Waals surface area contributed by atoms with Crippen molar-refractivity contribution in [2.24, 2.45) is 5.16 Å². The minimum Gasteiger partial charge on any atom is -0.493 e. The topological polar surface area (TPSA) is 88.0 Å². The molecule has 0 unspecified atom stereocenters. The summed E-state index contributed by atoms with van der Waals surface area (Å²) in [6.07, 6.45) is 1.07. The molecule has 8 nitrogen and oxygen atoms in total. The van der Waals surface area contributed by atoms with E-state index in [-0.39, 0.29) is 0 Å². The number of nitrogens with zero attached hydrogens (tertiary/aromatic N) is 1. The molecule has 0 spiro atoms. The second-order valence-electron chi connectivity index (χ2n) is 8.01. The van der Waals surface area contributed by atoms with E-state index in [1.165, 1.54) is 0 Å². The maximum Gasteiger partial charge on any atom is 0.161 e. The fourth-order valence-electron chi connectivity index (χ4n) is 4.53. The molecular weight excluding hydrogens is 450 g/mol. The summed E-state index contributed by atoms with van der Waals surface area (Å²) in [5.74, 6) is 3.49. The maximum atomic E-state index is 10.3. The third-order valence-corrected chi connectivity index (χ3v) is 6.30. The molecule has 0 heterocycles. The smallest absolute Gasteiger partial charge is 0.161 e. The number of oxime groups is 1. The van der Waals surface area contributed by atoms with Gasteiger partial charge in [0.1, 0.15) is 5.71 Å². The minimum atomic E-state index is 0.392. The molecule has 0 bridgehead atoms. The van der Waals surface area contributed by atoms with Crippen molar-refractivity contribution in [3.63, 3.8) is 0 Å². The molecule has 0 aliphatic heterocycles. The molecule has 0 radical (unpaired) electrons. The molecule has 1 aliphatic rings. The molecule has 0 fully saturated rings. The Morgan fingerprint density at radius 1 is 0.486 bits per heavy atom. The lowest BCUT2D eigenvalue weighted by molar-refractivity contribution is 0.319. The summed E-state index contributed by atoms with van der Waals surface area (Å²) in [5, 5.41) is 14.0. The van der Waals surface area contributed by atoms with Crippen LogP contribution < -0.4 is 28.4 Å². The Balaban J connectivity index is 2.10. The minimum absolute atomic E-state index is 0.392. The van der Waals surface area contributed by atoms with Gasteiger partial charge in [-0.05, 0) is 71.5 Å². The van der Waals surface area contributed by atoms with E-state index in [9.17, 15) is 5.21 Å². The second kappa shape index (κ2) is 10.0. The Morgan fingerprint density at radius 3 is 1.06 bits per heavy atom. The number of ether oxygens (including phenoxy) is 6. The van der Waals surface area contributed by atoms with Crippen LogP contribution >= 0.6 is 0 Å². The molecule has 0 amide bonds. The summed E-state index contributed by atoms with van der Waals surface area (Å²) in [5.41, 5.74) is 5.68. The van der Waals surface area contributed by atoms with Crippen molar-refractivity contribution in [2.75, 3.05) is 42.7 Å². The van der Waals surface area contributed by atoms with Gasteiger partial charge in [-0.15, -0.1) is 0 Å². The highest BCUT2D eigenvalue weighted by Gasteiger charge is 2.26. The third kappa shape index (κ3) is 4.27. The lowest BCUT2D eigenvalue weighted by Gasteiger charge is -2.18. The molecule has 1 aliphatic carbocycles. The third-order valence-electron chi connectivity index (χ3n) is 6.30. The van der Waals surface area contributed by atoms with Gasteiger partial charge in [0.15, 0.2) is 34.5 Å². The van der Waals surface area contributed by atoms with Crippen LogP contribution in [0.15, 0.2) is 41.6 Å². The summed E-state index contributed by atoms with van der Waals surface area (Å²) >= 11 is 0. The zero-order valence-corrected chi connectivity index (χ0v) is 20.7. The number of hydrogen-bond donors (Lipinski definition) is 1. The van der Waals surface area contributed by atoms with Crippen LogP contribution in [0.5, 0.6) is 34.5 Å². The van der Waals surface area contributed by atoms with Gasteiger partial charge in [-0.3, -0.25) is 0 Å². The normalized spacial score (nSPS) is 12.1. The largest absolute Gasteiger partial charge is 0.493 e. The highest BCUT2D eigenvalue weighted by atomic mass is 16.5. The number of methoxy groups -OCH3 is 6. The molecule has 0 saturated heterocycles. The van der Waals surface area contributed by atoms with E-state index in [1.807, 2.05) is 36.4 Å². The van der Waals surface area contributed by atoms with E-state index in [4.69, 9.17) is 28.4 Å². The Labute approximate surface area is 204 Å². The van der Waals surface area contributed by atoms with Crippen LogP contribution in [0.25, 0.3) is 0 Å². The number of hydrogen-bond acceptors (Lipinski definition) is 8. The highest BCUT2D eigenvalue weighted by Crippen LogP contribution is 2.40. The van der Waals surface area contributed by atoms with Crippen LogP contribution in [-0.2, 0) is 12.8 Å². The molecule has 0 aromatic heterocycles. The number of fused-ring (bicyclic) bond motifs is 3. The van der Waals surface area contributed by atoms with Crippen molar-refractivity contribution in [1.29, 1.82) is 0 Å². The highest BCUT2D eigenvalue weighted by molar-refractivity contribution is 6.15. The molecule has 0 atom stereocenters. The van der Waals surface area contributed by atoms with E-state index in [0.29, 0.717) is 64.2 Å². The predicted octanol–water partition coefficient (Wildman–Crippen LogP) is 4.46. The molecular formula is C27H29NO7. The lowest BCUT2D eigenvalue weighted by atomic mass is 9.92. The Hall–Kier alpha value is -4.07.